The highest BCUT2D eigenvalue weighted by Crippen LogP contribution is 2.08. The van der Waals surface area contributed by atoms with Crippen molar-refractivity contribution in [2.75, 3.05) is 13.1 Å². The second-order valence-corrected chi connectivity index (χ2v) is 5.33. The minimum absolute atomic E-state index is 0.0279. The van der Waals surface area contributed by atoms with Crippen LogP contribution in [-0.4, -0.2) is 33.9 Å². The predicted octanol–water partition coefficient (Wildman–Crippen LogP) is 2.78. The summed E-state index contributed by atoms with van der Waals surface area (Å²) in [6.45, 7) is 3.51. The summed E-state index contributed by atoms with van der Waals surface area (Å²) in [6.07, 6.45) is 8.38. The SMILES string of the molecule is CCCCCCN(CCC(N)=S)C(=O)c1ccncc1. The van der Waals surface area contributed by atoms with Gasteiger partial charge in [-0.3, -0.25) is 9.78 Å². The molecule has 4 nitrogen and oxygen atoms in total. The van der Waals surface area contributed by atoms with Crippen molar-refractivity contribution in [1.29, 1.82) is 0 Å². The molecule has 0 fully saturated rings. The highest BCUT2D eigenvalue weighted by atomic mass is 32.1. The van der Waals surface area contributed by atoms with E-state index in [0.29, 0.717) is 23.5 Å². The lowest BCUT2D eigenvalue weighted by atomic mass is 10.1. The molecule has 0 unspecified atom stereocenters. The number of carbonyl (C=O) groups excluding carboxylic acids is 1. The summed E-state index contributed by atoms with van der Waals surface area (Å²) < 4.78 is 0. The molecule has 0 spiro atoms. The lowest BCUT2D eigenvalue weighted by Gasteiger charge is -2.22. The highest BCUT2D eigenvalue weighted by Gasteiger charge is 2.15. The van der Waals surface area contributed by atoms with Gasteiger partial charge in [0.15, 0.2) is 0 Å². The molecular formula is C15H23N3OS. The largest absolute Gasteiger partial charge is 0.393 e. The zero-order valence-electron chi connectivity index (χ0n) is 12.0. The van der Waals surface area contributed by atoms with Crippen molar-refractivity contribution < 1.29 is 4.79 Å². The van der Waals surface area contributed by atoms with E-state index < -0.39 is 0 Å². The standard InChI is InChI=1S/C15H23N3OS/c1-2-3-4-5-11-18(12-8-14(16)20)15(19)13-6-9-17-10-7-13/h6-7,9-10H,2-5,8,11-12H2,1H3,(H2,16,20). The van der Waals surface area contributed by atoms with Gasteiger partial charge in [0.05, 0.1) is 4.99 Å². The number of thiocarbonyl (C=S) groups is 1. The van der Waals surface area contributed by atoms with Crippen LogP contribution in [0.2, 0.25) is 0 Å². The van der Waals surface area contributed by atoms with E-state index in [1.165, 1.54) is 12.8 Å². The maximum Gasteiger partial charge on any atom is 0.253 e. The van der Waals surface area contributed by atoms with Crippen LogP contribution >= 0.6 is 12.2 Å². The van der Waals surface area contributed by atoms with Gasteiger partial charge in [-0.05, 0) is 18.6 Å². The van der Waals surface area contributed by atoms with Gasteiger partial charge in [-0.25, -0.2) is 0 Å². The van der Waals surface area contributed by atoms with Gasteiger partial charge in [-0.15, -0.1) is 0 Å². The number of rotatable bonds is 9. The number of nitrogens with two attached hydrogens (primary N) is 1. The molecule has 0 aliphatic heterocycles. The van der Waals surface area contributed by atoms with E-state index in [1.54, 1.807) is 24.5 Å². The Kier molecular flexibility index (Phi) is 7.80. The number of hydrogen-bond acceptors (Lipinski definition) is 3. The summed E-state index contributed by atoms with van der Waals surface area (Å²) >= 11 is 4.90. The quantitative estimate of drug-likeness (QED) is 0.562. The van der Waals surface area contributed by atoms with Crippen LogP contribution in [0.4, 0.5) is 0 Å². The molecule has 0 atom stereocenters. The van der Waals surface area contributed by atoms with Gasteiger partial charge < -0.3 is 10.6 Å². The van der Waals surface area contributed by atoms with E-state index in [2.05, 4.69) is 11.9 Å². The Morgan fingerprint density at radius 1 is 1.25 bits per heavy atom. The van der Waals surface area contributed by atoms with Gasteiger partial charge in [-0.2, -0.15) is 0 Å². The maximum absolute atomic E-state index is 12.4. The molecule has 5 heteroatoms. The molecule has 1 aromatic rings. The van der Waals surface area contributed by atoms with Crippen molar-refractivity contribution in [3.8, 4) is 0 Å². The molecule has 110 valence electrons. The van der Waals surface area contributed by atoms with Gasteiger partial charge in [0, 0.05) is 37.5 Å². The van der Waals surface area contributed by atoms with Crippen LogP contribution in [0.15, 0.2) is 24.5 Å². The Balaban J connectivity index is 2.60. The third-order valence-corrected chi connectivity index (χ3v) is 3.33. The third kappa shape index (κ3) is 6.10. The Hall–Kier alpha value is -1.49. The number of carbonyl (C=O) groups is 1. The summed E-state index contributed by atoms with van der Waals surface area (Å²) in [5, 5.41) is 0. The summed E-state index contributed by atoms with van der Waals surface area (Å²) in [4.78, 5) is 18.7. The Labute approximate surface area is 126 Å². The number of nitrogens with zero attached hydrogens (tertiary/aromatic N) is 2. The van der Waals surface area contributed by atoms with Crippen molar-refractivity contribution in [3.05, 3.63) is 30.1 Å². The van der Waals surface area contributed by atoms with E-state index in [-0.39, 0.29) is 5.91 Å². The monoisotopic (exact) mass is 293 g/mol. The Morgan fingerprint density at radius 2 is 1.95 bits per heavy atom. The Bertz CT molecular complexity index is 422. The molecule has 20 heavy (non-hydrogen) atoms. The summed E-state index contributed by atoms with van der Waals surface area (Å²) in [5.74, 6) is 0.0279. The van der Waals surface area contributed by atoms with E-state index in [9.17, 15) is 4.79 Å². The van der Waals surface area contributed by atoms with Gasteiger partial charge >= 0.3 is 0 Å². The minimum Gasteiger partial charge on any atom is -0.393 e. The zero-order chi connectivity index (χ0) is 14.8. The summed E-state index contributed by atoms with van der Waals surface area (Å²) in [7, 11) is 0. The first kappa shape index (κ1) is 16.6. The molecule has 1 rings (SSSR count). The van der Waals surface area contributed by atoms with Crippen LogP contribution in [0.1, 0.15) is 49.4 Å². The number of hydrogen-bond donors (Lipinski definition) is 1. The van der Waals surface area contributed by atoms with Gasteiger partial charge in [-0.1, -0.05) is 38.4 Å². The molecule has 0 saturated carbocycles. The number of unbranched alkanes of at least 4 members (excludes halogenated alkanes) is 3. The molecule has 0 aromatic carbocycles. The fourth-order valence-electron chi connectivity index (χ4n) is 1.97. The lowest BCUT2D eigenvalue weighted by Crippen LogP contribution is -2.34. The molecule has 0 saturated heterocycles. The van der Waals surface area contributed by atoms with E-state index in [1.807, 2.05) is 4.90 Å². The molecule has 0 aliphatic carbocycles. The van der Waals surface area contributed by atoms with Crippen LogP contribution in [0.25, 0.3) is 0 Å². The lowest BCUT2D eigenvalue weighted by molar-refractivity contribution is 0.0757. The van der Waals surface area contributed by atoms with E-state index in [4.69, 9.17) is 18.0 Å². The minimum atomic E-state index is 0.0279. The molecule has 2 N–H and O–H groups in total. The summed E-state index contributed by atoms with van der Waals surface area (Å²) in [6, 6.07) is 3.48. The molecule has 1 amide bonds. The highest BCUT2D eigenvalue weighted by molar-refractivity contribution is 7.80. The van der Waals surface area contributed by atoms with E-state index in [0.717, 1.165) is 19.4 Å². The van der Waals surface area contributed by atoms with Gasteiger partial charge in [0.2, 0.25) is 0 Å². The smallest absolute Gasteiger partial charge is 0.253 e. The molecule has 0 aliphatic rings. The first-order valence-electron chi connectivity index (χ1n) is 7.12. The van der Waals surface area contributed by atoms with Crippen molar-refractivity contribution in [2.45, 2.75) is 39.0 Å². The first-order chi connectivity index (χ1) is 9.65. The normalized spacial score (nSPS) is 10.2. The fraction of sp³-hybridized carbons (Fsp3) is 0.533. The maximum atomic E-state index is 12.4. The van der Waals surface area contributed by atoms with E-state index >= 15 is 0 Å². The van der Waals surface area contributed by atoms with Crippen LogP contribution < -0.4 is 5.73 Å². The average molecular weight is 293 g/mol. The van der Waals surface area contributed by atoms with Crippen molar-refractivity contribution in [1.82, 2.24) is 9.88 Å². The molecular weight excluding hydrogens is 270 g/mol. The predicted molar refractivity (Wildman–Crippen MR) is 85.7 cm³/mol. The molecule has 1 heterocycles. The second-order valence-electron chi connectivity index (χ2n) is 4.81. The topological polar surface area (TPSA) is 59.2 Å². The number of amides is 1. The van der Waals surface area contributed by atoms with Crippen LogP contribution in [0, 0.1) is 0 Å². The summed E-state index contributed by atoms with van der Waals surface area (Å²) in [5.41, 5.74) is 6.20. The van der Waals surface area contributed by atoms with Gasteiger partial charge in [0.25, 0.3) is 5.91 Å². The second kappa shape index (κ2) is 9.42. The molecule has 0 bridgehead atoms. The van der Waals surface area contributed by atoms with Crippen LogP contribution in [0.5, 0.6) is 0 Å². The molecule has 1 aromatic heterocycles. The van der Waals surface area contributed by atoms with Crippen molar-refractivity contribution in [2.24, 2.45) is 5.73 Å². The van der Waals surface area contributed by atoms with Crippen LogP contribution in [-0.2, 0) is 0 Å². The van der Waals surface area contributed by atoms with Crippen LogP contribution in [0.3, 0.4) is 0 Å². The van der Waals surface area contributed by atoms with Crippen molar-refractivity contribution >= 4 is 23.1 Å². The number of pyridine rings is 1. The zero-order valence-corrected chi connectivity index (χ0v) is 12.9. The number of aromatic nitrogens is 1. The average Bonchev–Trinajstić information content (AvgIpc) is 2.46. The first-order valence-corrected chi connectivity index (χ1v) is 7.53. The van der Waals surface area contributed by atoms with Gasteiger partial charge in [0.1, 0.15) is 0 Å². The molecule has 0 radical (unpaired) electrons. The Morgan fingerprint density at radius 3 is 2.55 bits per heavy atom. The third-order valence-electron chi connectivity index (χ3n) is 3.12. The van der Waals surface area contributed by atoms with Crippen molar-refractivity contribution in [3.63, 3.8) is 0 Å². The fourth-order valence-corrected chi connectivity index (χ4v) is 2.06.